The molecule has 4 nitrogen and oxygen atoms in total. The Morgan fingerprint density at radius 3 is 2.50 bits per heavy atom. The fourth-order valence-electron chi connectivity index (χ4n) is 4.99. The number of aliphatic hydroxyl groups excluding tert-OH is 1. The maximum atomic E-state index is 14.2. The zero-order valence-electron chi connectivity index (χ0n) is 21.1. The molecule has 4 rings (SSSR count). The van der Waals surface area contributed by atoms with Crippen molar-refractivity contribution in [1.82, 2.24) is 4.90 Å². The van der Waals surface area contributed by atoms with Crippen LogP contribution in [0.15, 0.2) is 73.0 Å². The fourth-order valence-corrected chi connectivity index (χ4v) is 4.99. The van der Waals surface area contributed by atoms with E-state index in [-0.39, 0.29) is 23.9 Å². The van der Waals surface area contributed by atoms with Crippen LogP contribution in [0.1, 0.15) is 47.1 Å². The molecule has 0 unspecified atom stereocenters. The van der Waals surface area contributed by atoms with Crippen LogP contribution in [0.4, 0.5) is 13.2 Å². The summed E-state index contributed by atoms with van der Waals surface area (Å²) in [6.45, 7) is 4.48. The summed E-state index contributed by atoms with van der Waals surface area (Å²) in [6, 6.07) is 19.1. The number of halogens is 3. The number of nitrogens with zero attached hydrogens (tertiary/aromatic N) is 2. The van der Waals surface area contributed by atoms with Gasteiger partial charge in [-0.25, -0.2) is 0 Å². The lowest BCUT2D eigenvalue weighted by Gasteiger charge is -2.35. The second kappa shape index (κ2) is 11.6. The highest BCUT2D eigenvalue weighted by Crippen LogP contribution is 2.38. The van der Waals surface area contributed by atoms with E-state index in [1.54, 1.807) is 12.1 Å². The molecule has 1 N–H and O–H groups in total. The zero-order chi connectivity index (χ0) is 27.3. The van der Waals surface area contributed by atoms with Gasteiger partial charge in [0.05, 0.1) is 24.3 Å². The van der Waals surface area contributed by atoms with Crippen molar-refractivity contribution in [1.29, 1.82) is 5.26 Å². The first kappa shape index (κ1) is 27.0. The van der Waals surface area contributed by atoms with Gasteiger partial charge in [0, 0.05) is 17.7 Å². The SMILES string of the molecule is C=C(O)[C@@H]1CCCCN1Cc1cc(C(F)(F)F)c(/C=C/c2cccc(-c3ccccc3)c2C#N)cc1OC. The minimum Gasteiger partial charge on any atom is -0.511 e. The topological polar surface area (TPSA) is 56.5 Å². The van der Waals surface area contributed by atoms with Crippen molar-refractivity contribution < 1.29 is 23.0 Å². The molecule has 1 heterocycles. The van der Waals surface area contributed by atoms with Crippen molar-refractivity contribution in [2.75, 3.05) is 13.7 Å². The molecular formula is C31H29F3N2O2. The molecule has 7 heteroatoms. The number of aliphatic hydroxyl groups is 1. The van der Waals surface area contributed by atoms with Gasteiger partial charge in [-0.05, 0) is 48.2 Å². The summed E-state index contributed by atoms with van der Waals surface area (Å²) >= 11 is 0. The van der Waals surface area contributed by atoms with Crippen molar-refractivity contribution >= 4 is 12.2 Å². The van der Waals surface area contributed by atoms with Gasteiger partial charge in [-0.2, -0.15) is 18.4 Å². The van der Waals surface area contributed by atoms with Crippen LogP contribution in [0.25, 0.3) is 23.3 Å². The first-order chi connectivity index (χ1) is 18.2. The van der Waals surface area contributed by atoms with Crippen molar-refractivity contribution in [3.05, 3.63) is 101 Å². The first-order valence-corrected chi connectivity index (χ1v) is 12.4. The van der Waals surface area contributed by atoms with Gasteiger partial charge < -0.3 is 9.84 Å². The number of piperidine rings is 1. The van der Waals surface area contributed by atoms with Crippen molar-refractivity contribution in [3.8, 4) is 22.9 Å². The predicted molar refractivity (Wildman–Crippen MR) is 143 cm³/mol. The third-order valence-electron chi connectivity index (χ3n) is 6.87. The molecule has 1 aliphatic rings. The standard InChI is InChI=1S/C31H29F3N2O2/c1-21(37)29-13-6-7-16-36(29)20-25-17-28(31(32,33)34)24(18-30(25)38-2)15-14-23-11-8-12-26(27(23)19-35)22-9-4-3-5-10-22/h3-5,8-12,14-15,17-18,29,37H,1,6-7,13,16,20H2,2H3/b15-14+/t29-/m0/s1. The largest absolute Gasteiger partial charge is 0.511 e. The van der Waals surface area contributed by atoms with Gasteiger partial charge in [0.2, 0.25) is 0 Å². The molecule has 3 aromatic carbocycles. The number of methoxy groups -OCH3 is 1. The monoisotopic (exact) mass is 518 g/mol. The van der Waals surface area contributed by atoms with E-state index in [2.05, 4.69) is 12.6 Å². The summed E-state index contributed by atoms with van der Waals surface area (Å²) in [4.78, 5) is 1.94. The number of hydrogen-bond donors (Lipinski definition) is 1. The second-order valence-corrected chi connectivity index (χ2v) is 9.30. The third-order valence-corrected chi connectivity index (χ3v) is 6.87. The van der Waals surface area contributed by atoms with Crippen LogP contribution in [0.3, 0.4) is 0 Å². The Kier molecular flexibility index (Phi) is 8.23. The molecule has 1 fully saturated rings. The molecule has 0 aromatic heterocycles. The molecule has 0 bridgehead atoms. The average Bonchev–Trinajstić information content (AvgIpc) is 2.91. The van der Waals surface area contributed by atoms with E-state index < -0.39 is 11.7 Å². The maximum Gasteiger partial charge on any atom is 0.417 e. The lowest BCUT2D eigenvalue weighted by Crippen LogP contribution is -2.40. The molecule has 1 saturated heterocycles. The lowest BCUT2D eigenvalue weighted by atomic mass is 9.94. The summed E-state index contributed by atoms with van der Waals surface area (Å²) in [5, 5.41) is 19.9. The highest BCUT2D eigenvalue weighted by Gasteiger charge is 2.35. The average molecular weight is 519 g/mol. The molecule has 0 amide bonds. The van der Waals surface area contributed by atoms with E-state index in [4.69, 9.17) is 4.74 Å². The molecule has 38 heavy (non-hydrogen) atoms. The molecule has 0 spiro atoms. The van der Waals surface area contributed by atoms with E-state index in [1.807, 2.05) is 41.3 Å². The zero-order valence-corrected chi connectivity index (χ0v) is 21.1. The van der Waals surface area contributed by atoms with Crippen LogP contribution < -0.4 is 4.74 Å². The van der Waals surface area contributed by atoms with E-state index in [1.165, 1.54) is 25.3 Å². The summed E-state index contributed by atoms with van der Waals surface area (Å²) in [5.74, 6) is 0.342. The smallest absolute Gasteiger partial charge is 0.417 e. The molecule has 3 aromatic rings. The van der Waals surface area contributed by atoms with Crippen molar-refractivity contribution in [3.63, 3.8) is 0 Å². The van der Waals surface area contributed by atoms with Crippen molar-refractivity contribution in [2.24, 2.45) is 0 Å². The molecule has 196 valence electrons. The third kappa shape index (κ3) is 5.92. The van der Waals surface area contributed by atoms with E-state index in [0.717, 1.165) is 24.5 Å². The highest BCUT2D eigenvalue weighted by atomic mass is 19.4. The number of hydrogen-bond acceptors (Lipinski definition) is 4. The second-order valence-electron chi connectivity index (χ2n) is 9.30. The van der Waals surface area contributed by atoms with Crippen LogP contribution in [-0.2, 0) is 12.7 Å². The number of alkyl halides is 3. The summed E-state index contributed by atoms with van der Waals surface area (Å²) in [7, 11) is 1.43. The Morgan fingerprint density at radius 1 is 1.11 bits per heavy atom. The summed E-state index contributed by atoms with van der Waals surface area (Å²) in [6.07, 6.45) is 0.818. The van der Waals surface area contributed by atoms with Crippen LogP contribution >= 0.6 is 0 Å². The minimum absolute atomic E-state index is 0.0188. The van der Waals surface area contributed by atoms with Gasteiger partial charge in [0.15, 0.2) is 0 Å². The molecule has 1 aliphatic heterocycles. The Balaban J connectivity index is 1.74. The number of likely N-dealkylation sites (tertiary alicyclic amines) is 1. The fraction of sp³-hybridized carbons (Fsp3) is 0.258. The summed E-state index contributed by atoms with van der Waals surface area (Å²) < 4.78 is 48.1. The lowest BCUT2D eigenvalue weighted by molar-refractivity contribution is -0.137. The van der Waals surface area contributed by atoms with Crippen LogP contribution in [0.2, 0.25) is 0 Å². The minimum atomic E-state index is -4.60. The molecular weight excluding hydrogens is 489 g/mol. The molecule has 1 atom stereocenters. The van der Waals surface area contributed by atoms with Crippen LogP contribution in [0.5, 0.6) is 5.75 Å². The maximum absolute atomic E-state index is 14.2. The van der Waals surface area contributed by atoms with Gasteiger partial charge in [-0.1, -0.05) is 73.7 Å². The van der Waals surface area contributed by atoms with Gasteiger partial charge in [0.1, 0.15) is 17.6 Å². The molecule has 0 radical (unpaired) electrons. The van der Waals surface area contributed by atoms with Gasteiger partial charge >= 0.3 is 6.18 Å². The van der Waals surface area contributed by atoms with Gasteiger partial charge in [0.25, 0.3) is 0 Å². The predicted octanol–water partition coefficient (Wildman–Crippen LogP) is 7.85. The first-order valence-electron chi connectivity index (χ1n) is 12.4. The summed E-state index contributed by atoms with van der Waals surface area (Å²) in [5.41, 5.74) is 1.99. The highest BCUT2D eigenvalue weighted by molar-refractivity contribution is 5.81. The van der Waals surface area contributed by atoms with Gasteiger partial charge in [-0.15, -0.1) is 0 Å². The quantitative estimate of drug-likeness (QED) is 0.256. The Hall–Kier alpha value is -4.02. The van der Waals surface area contributed by atoms with E-state index >= 15 is 0 Å². The Morgan fingerprint density at radius 2 is 1.84 bits per heavy atom. The number of benzene rings is 3. The molecule has 0 aliphatic carbocycles. The van der Waals surface area contributed by atoms with E-state index in [9.17, 15) is 23.5 Å². The molecule has 0 saturated carbocycles. The van der Waals surface area contributed by atoms with Crippen LogP contribution in [0, 0.1) is 11.3 Å². The number of rotatable bonds is 7. The van der Waals surface area contributed by atoms with E-state index in [0.29, 0.717) is 41.0 Å². The Bertz CT molecular complexity index is 1370. The Labute approximate surface area is 220 Å². The number of nitriles is 1. The van der Waals surface area contributed by atoms with Crippen molar-refractivity contribution in [2.45, 2.75) is 38.0 Å². The van der Waals surface area contributed by atoms with Crippen LogP contribution in [-0.4, -0.2) is 29.7 Å². The number of ether oxygens (including phenoxy) is 1. The normalized spacial score (nSPS) is 16.3. The van der Waals surface area contributed by atoms with Gasteiger partial charge in [-0.3, -0.25) is 4.90 Å².